The zero-order valence-corrected chi connectivity index (χ0v) is 20.2. The molecule has 0 aliphatic rings. The lowest BCUT2D eigenvalue weighted by Gasteiger charge is -2.20. The quantitative estimate of drug-likeness (QED) is 0.198. The lowest BCUT2D eigenvalue weighted by atomic mass is 10.1. The number of carbonyl (C=O) groups is 2. The number of aromatic nitrogens is 1. The number of rotatable bonds is 9. The molecule has 0 radical (unpaired) electrons. The van der Waals surface area contributed by atoms with Gasteiger partial charge in [0.25, 0.3) is 11.8 Å². The van der Waals surface area contributed by atoms with Crippen molar-refractivity contribution < 1.29 is 14.3 Å². The SMILES string of the molecule is CC(=N)N(C)c1ccc(C(=O)Nc2ccccc2C(=O)Nc2ccc(Cl)cn2)c(OCCCN)c1. The molecule has 5 N–H and O–H groups in total. The minimum atomic E-state index is -0.446. The zero-order valence-electron chi connectivity index (χ0n) is 19.5. The number of nitrogens with zero attached hydrogens (tertiary/aromatic N) is 2. The molecular weight excluding hydrogens is 468 g/mol. The van der Waals surface area contributed by atoms with Gasteiger partial charge in [-0.1, -0.05) is 23.7 Å². The maximum absolute atomic E-state index is 13.2. The summed E-state index contributed by atoms with van der Waals surface area (Å²) in [5, 5.41) is 13.8. The summed E-state index contributed by atoms with van der Waals surface area (Å²) in [6.07, 6.45) is 2.05. The first kappa shape index (κ1) is 25.7. The molecule has 9 nitrogen and oxygen atoms in total. The number of anilines is 3. The molecule has 182 valence electrons. The Morgan fingerprint density at radius 2 is 1.83 bits per heavy atom. The molecule has 0 saturated carbocycles. The Bertz CT molecular complexity index is 1220. The van der Waals surface area contributed by atoms with Crippen molar-refractivity contribution in [3.8, 4) is 5.75 Å². The predicted octanol–water partition coefficient (Wildman–Crippen LogP) is 4.40. The topological polar surface area (TPSA) is 133 Å². The van der Waals surface area contributed by atoms with Crippen molar-refractivity contribution >= 4 is 46.4 Å². The molecule has 10 heteroatoms. The van der Waals surface area contributed by atoms with Gasteiger partial charge < -0.3 is 26.0 Å². The summed E-state index contributed by atoms with van der Waals surface area (Å²) in [6.45, 7) is 2.45. The average Bonchev–Trinajstić information content (AvgIpc) is 2.85. The third-order valence-corrected chi connectivity index (χ3v) is 5.32. The molecule has 35 heavy (non-hydrogen) atoms. The van der Waals surface area contributed by atoms with Crippen molar-refractivity contribution in [2.75, 3.05) is 35.7 Å². The van der Waals surface area contributed by atoms with Crippen LogP contribution in [0.1, 0.15) is 34.1 Å². The van der Waals surface area contributed by atoms with Gasteiger partial charge in [-0.2, -0.15) is 0 Å². The smallest absolute Gasteiger partial charge is 0.259 e. The number of carbonyl (C=O) groups excluding carboxylic acids is 2. The molecule has 2 amide bonds. The van der Waals surface area contributed by atoms with Gasteiger partial charge in [-0.05, 0) is 56.3 Å². The van der Waals surface area contributed by atoms with Gasteiger partial charge in [0.1, 0.15) is 11.6 Å². The van der Waals surface area contributed by atoms with Gasteiger partial charge >= 0.3 is 0 Å². The van der Waals surface area contributed by atoms with Gasteiger partial charge in [0.05, 0.1) is 34.3 Å². The van der Waals surface area contributed by atoms with Crippen molar-refractivity contribution in [2.45, 2.75) is 13.3 Å². The number of pyridine rings is 1. The van der Waals surface area contributed by atoms with Crippen LogP contribution in [0.5, 0.6) is 5.75 Å². The average molecular weight is 495 g/mol. The van der Waals surface area contributed by atoms with E-state index in [1.165, 1.54) is 6.20 Å². The number of nitrogens with two attached hydrogens (primary N) is 1. The molecule has 0 aliphatic heterocycles. The number of ether oxygens (including phenoxy) is 1. The van der Waals surface area contributed by atoms with E-state index in [1.54, 1.807) is 73.5 Å². The van der Waals surface area contributed by atoms with Crippen LogP contribution in [0.4, 0.5) is 17.2 Å². The van der Waals surface area contributed by atoms with Gasteiger partial charge in [0.2, 0.25) is 0 Å². The van der Waals surface area contributed by atoms with Crippen LogP contribution in [-0.2, 0) is 0 Å². The Morgan fingerprint density at radius 3 is 2.51 bits per heavy atom. The summed E-state index contributed by atoms with van der Waals surface area (Å²) < 4.78 is 5.84. The second-order valence-corrected chi connectivity index (χ2v) is 8.07. The summed E-state index contributed by atoms with van der Waals surface area (Å²) in [5.74, 6) is 0.142. The highest BCUT2D eigenvalue weighted by Crippen LogP contribution is 2.27. The van der Waals surface area contributed by atoms with Crippen LogP contribution >= 0.6 is 11.6 Å². The minimum Gasteiger partial charge on any atom is -0.493 e. The van der Waals surface area contributed by atoms with Crippen LogP contribution in [0.25, 0.3) is 0 Å². The van der Waals surface area contributed by atoms with Gasteiger partial charge in [-0.25, -0.2) is 4.98 Å². The molecule has 0 unspecified atom stereocenters. The molecule has 3 aromatic rings. The van der Waals surface area contributed by atoms with Crippen LogP contribution in [0, 0.1) is 5.41 Å². The van der Waals surface area contributed by atoms with Gasteiger partial charge in [0, 0.05) is 25.0 Å². The molecule has 0 aliphatic carbocycles. The normalized spacial score (nSPS) is 10.4. The number of benzene rings is 2. The Morgan fingerprint density at radius 1 is 1.09 bits per heavy atom. The van der Waals surface area contributed by atoms with Crippen molar-refractivity contribution in [3.05, 3.63) is 76.9 Å². The number of amidine groups is 1. The summed E-state index contributed by atoms with van der Waals surface area (Å²) >= 11 is 5.85. The van der Waals surface area contributed by atoms with Gasteiger partial charge in [-0.3, -0.25) is 15.0 Å². The molecule has 0 spiro atoms. The third-order valence-electron chi connectivity index (χ3n) is 5.10. The van der Waals surface area contributed by atoms with E-state index in [0.29, 0.717) is 53.4 Å². The van der Waals surface area contributed by atoms with E-state index in [9.17, 15) is 9.59 Å². The second-order valence-electron chi connectivity index (χ2n) is 7.63. The predicted molar refractivity (Wildman–Crippen MR) is 139 cm³/mol. The summed E-state index contributed by atoms with van der Waals surface area (Å²) in [6, 6.07) is 14.9. The Hall–Kier alpha value is -3.95. The summed E-state index contributed by atoms with van der Waals surface area (Å²) in [5.41, 5.74) is 7.15. The molecule has 0 atom stereocenters. The number of para-hydroxylation sites is 1. The molecule has 3 rings (SSSR count). The van der Waals surface area contributed by atoms with E-state index in [0.717, 1.165) is 0 Å². The molecule has 2 aromatic carbocycles. The lowest BCUT2D eigenvalue weighted by molar-refractivity contribution is 0.102. The first-order valence-corrected chi connectivity index (χ1v) is 11.3. The van der Waals surface area contributed by atoms with E-state index in [1.807, 2.05) is 0 Å². The monoisotopic (exact) mass is 494 g/mol. The number of nitrogens with one attached hydrogen (secondary N) is 3. The number of hydrogen-bond donors (Lipinski definition) is 4. The highest BCUT2D eigenvalue weighted by Gasteiger charge is 2.19. The minimum absolute atomic E-state index is 0.263. The molecule has 1 aromatic heterocycles. The van der Waals surface area contributed by atoms with Gasteiger partial charge in [-0.15, -0.1) is 0 Å². The van der Waals surface area contributed by atoms with Crippen molar-refractivity contribution in [1.82, 2.24) is 4.98 Å². The molecule has 0 bridgehead atoms. The van der Waals surface area contributed by atoms with Gasteiger partial charge in [0.15, 0.2) is 0 Å². The van der Waals surface area contributed by atoms with Crippen LogP contribution in [0.2, 0.25) is 5.02 Å². The van der Waals surface area contributed by atoms with Crippen LogP contribution in [0.15, 0.2) is 60.8 Å². The van der Waals surface area contributed by atoms with Crippen molar-refractivity contribution in [2.24, 2.45) is 5.73 Å². The van der Waals surface area contributed by atoms with E-state index in [2.05, 4.69) is 15.6 Å². The fraction of sp³-hybridized carbons (Fsp3) is 0.200. The third kappa shape index (κ3) is 6.78. The standard InChI is InChI=1S/C25H27ClN6O3/c1-16(28)32(2)18-9-10-20(22(14-18)35-13-5-12-27)25(34)30-21-7-4-3-6-19(21)24(33)31-23-11-8-17(26)15-29-23/h3-4,6-11,14-15,28H,5,12-13,27H2,1-2H3,(H,30,34)(H,29,31,33). The molecule has 0 fully saturated rings. The fourth-order valence-corrected chi connectivity index (χ4v) is 3.21. The van der Waals surface area contributed by atoms with Crippen LogP contribution in [-0.4, -0.2) is 42.8 Å². The maximum atomic E-state index is 13.2. The van der Waals surface area contributed by atoms with Crippen molar-refractivity contribution in [3.63, 3.8) is 0 Å². The van der Waals surface area contributed by atoms with E-state index in [4.69, 9.17) is 27.5 Å². The highest BCUT2D eigenvalue weighted by atomic mass is 35.5. The van der Waals surface area contributed by atoms with Crippen molar-refractivity contribution in [1.29, 1.82) is 5.41 Å². The summed E-state index contributed by atoms with van der Waals surface area (Å²) in [7, 11) is 1.76. The fourth-order valence-electron chi connectivity index (χ4n) is 3.10. The molecular formula is C25H27ClN6O3. The number of hydrogen-bond acceptors (Lipinski definition) is 6. The molecule has 1 heterocycles. The number of halogens is 1. The Labute approximate surface area is 208 Å². The second kappa shape index (κ2) is 12.0. The first-order valence-electron chi connectivity index (χ1n) is 10.9. The van der Waals surface area contributed by atoms with Crippen LogP contribution in [0.3, 0.4) is 0 Å². The van der Waals surface area contributed by atoms with Crippen LogP contribution < -0.4 is 26.0 Å². The number of amides is 2. The summed E-state index contributed by atoms with van der Waals surface area (Å²) in [4.78, 5) is 31.8. The zero-order chi connectivity index (χ0) is 25.4. The van der Waals surface area contributed by atoms with E-state index >= 15 is 0 Å². The Balaban J connectivity index is 1.85. The highest BCUT2D eigenvalue weighted by molar-refractivity contribution is 6.30. The largest absolute Gasteiger partial charge is 0.493 e. The lowest BCUT2D eigenvalue weighted by Crippen LogP contribution is -2.23. The first-order chi connectivity index (χ1) is 16.8. The Kier molecular flexibility index (Phi) is 8.77. The molecule has 0 saturated heterocycles. The van der Waals surface area contributed by atoms with E-state index in [-0.39, 0.29) is 11.1 Å². The maximum Gasteiger partial charge on any atom is 0.259 e. The van der Waals surface area contributed by atoms with E-state index < -0.39 is 11.8 Å².